The molecule has 9 nitrogen and oxygen atoms in total. The Bertz CT molecular complexity index is 802. The average Bonchev–Trinajstić information content (AvgIpc) is 3.29. The highest BCUT2D eigenvalue weighted by molar-refractivity contribution is 5.73. The molecule has 1 saturated heterocycles. The van der Waals surface area contributed by atoms with Crippen molar-refractivity contribution >= 4 is 5.91 Å². The van der Waals surface area contributed by atoms with Gasteiger partial charge < -0.3 is 14.2 Å². The Morgan fingerprint density at radius 2 is 2.28 bits per heavy atom. The molecule has 29 heavy (non-hydrogen) atoms. The average molecular weight is 405 g/mol. The van der Waals surface area contributed by atoms with Gasteiger partial charge in [-0.05, 0) is 33.2 Å². The van der Waals surface area contributed by atoms with Gasteiger partial charge in [0.05, 0.1) is 5.69 Å². The van der Waals surface area contributed by atoms with Crippen LogP contribution in [0.3, 0.4) is 0 Å². The Balaban J connectivity index is 1.59. The van der Waals surface area contributed by atoms with Gasteiger partial charge in [0.25, 0.3) is 5.89 Å². The van der Waals surface area contributed by atoms with Crippen LogP contribution in [0, 0.1) is 6.92 Å². The summed E-state index contributed by atoms with van der Waals surface area (Å²) in [5.41, 5.74) is 2.35. The predicted octanol–water partition coefficient (Wildman–Crippen LogP) is 1.80. The van der Waals surface area contributed by atoms with Gasteiger partial charge in [-0.3, -0.25) is 14.4 Å². The smallest absolute Gasteiger partial charge is 0.252 e. The van der Waals surface area contributed by atoms with E-state index >= 15 is 0 Å². The zero-order valence-electron chi connectivity index (χ0n) is 17.9. The molecule has 0 radical (unpaired) electrons. The Kier molecular flexibility index (Phi) is 7.38. The molecule has 3 heterocycles. The maximum atomic E-state index is 12.3. The summed E-state index contributed by atoms with van der Waals surface area (Å²) in [6, 6.07) is 0.202. The van der Waals surface area contributed by atoms with Crippen molar-refractivity contribution in [2.24, 2.45) is 0 Å². The van der Waals surface area contributed by atoms with E-state index in [9.17, 15) is 4.79 Å². The van der Waals surface area contributed by atoms with Crippen molar-refractivity contribution in [2.75, 3.05) is 26.7 Å². The highest BCUT2D eigenvalue weighted by atomic mass is 16.5. The lowest BCUT2D eigenvalue weighted by molar-refractivity contribution is -0.132. The van der Waals surface area contributed by atoms with Crippen LogP contribution < -0.4 is 0 Å². The van der Waals surface area contributed by atoms with Crippen LogP contribution in [-0.4, -0.2) is 68.4 Å². The van der Waals surface area contributed by atoms with E-state index in [-0.39, 0.29) is 11.9 Å². The summed E-state index contributed by atoms with van der Waals surface area (Å²) < 4.78 is 12.1. The molecule has 0 saturated carbocycles. The summed E-state index contributed by atoms with van der Waals surface area (Å²) in [6.45, 7) is 10.4. The van der Waals surface area contributed by atoms with Gasteiger partial charge in [-0.2, -0.15) is 10.1 Å². The summed E-state index contributed by atoms with van der Waals surface area (Å²) in [4.78, 5) is 21.0. The molecule has 2 aromatic heterocycles. The van der Waals surface area contributed by atoms with Gasteiger partial charge in [0, 0.05) is 64.4 Å². The third-order valence-corrected chi connectivity index (χ3v) is 5.45. The second-order valence-electron chi connectivity index (χ2n) is 7.63. The molecule has 1 fully saturated rings. The zero-order valence-corrected chi connectivity index (χ0v) is 17.9. The van der Waals surface area contributed by atoms with Crippen LogP contribution in [0.2, 0.25) is 0 Å². The standard InChI is InChI=1S/C20H32N6O3/c1-5-25-12-17(15(2)22-25)11-24-9-6-7-18(13-24)26(16(3)27)10-8-19-21-20(14-28-4)29-23-19/h12,18H,5-11,13-14H2,1-4H3. The fourth-order valence-corrected chi connectivity index (χ4v) is 3.94. The van der Waals surface area contributed by atoms with Crippen molar-refractivity contribution in [1.29, 1.82) is 0 Å². The fourth-order valence-electron chi connectivity index (χ4n) is 3.94. The van der Waals surface area contributed by atoms with Crippen LogP contribution in [0.4, 0.5) is 0 Å². The Morgan fingerprint density at radius 3 is 2.97 bits per heavy atom. The second kappa shape index (κ2) is 9.98. The monoisotopic (exact) mass is 404 g/mol. The molecule has 160 valence electrons. The molecule has 0 N–H and O–H groups in total. The summed E-state index contributed by atoms with van der Waals surface area (Å²) >= 11 is 0. The van der Waals surface area contributed by atoms with Crippen LogP contribution in [0.1, 0.15) is 49.7 Å². The molecule has 1 atom stereocenters. The number of ether oxygens (including phenoxy) is 1. The van der Waals surface area contributed by atoms with Crippen molar-refractivity contribution in [2.45, 2.75) is 65.8 Å². The largest absolute Gasteiger partial charge is 0.375 e. The van der Waals surface area contributed by atoms with Gasteiger partial charge >= 0.3 is 0 Å². The summed E-state index contributed by atoms with van der Waals surface area (Å²) in [5.74, 6) is 1.16. The van der Waals surface area contributed by atoms with Crippen LogP contribution in [0.25, 0.3) is 0 Å². The minimum absolute atomic E-state index is 0.0902. The van der Waals surface area contributed by atoms with E-state index in [0.717, 1.165) is 44.7 Å². The molecule has 0 spiro atoms. The van der Waals surface area contributed by atoms with E-state index in [1.54, 1.807) is 14.0 Å². The molecule has 3 rings (SSSR count). The first-order chi connectivity index (χ1) is 14.0. The number of rotatable bonds is 9. The number of hydrogen-bond acceptors (Lipinski definition) is 7. The van der Waals surface area contributed by atoms with E-state index in [0.29, 0.717) is 31.3 Å². The number of aromatic nitrogens is 4. The quantitative estimate of drug-likeness (QED) is 0.629. The van der Waals surface area contributed by atoms with Crippen LogP contribution in [-0.2, 0) is 35.6 Å². The van der Waals surface area contributed by atoms with Gasteiger partial charge in [0.1, 0.15) is 6.61 Å². The number of aryl methyl sites for hydroxylation is 2. The van der Waals surface area contributed by atoms with Crippen molar-refractivity contribution in [1.82, 2.24) is 29.7 Å². The van der Waals surface area contributed by atoms with E-state index < -0.39 is 0 Å². The van der Waals surface area contributed by atoms with Crippen LogP contribution in [0.5, 0.6) is 0 Å². The number of likely N-dealkylation sites (tertiary alicyclic amines) is 1. The van der Waals surface area contributed by atoms with Gasteiger partial charge in [-0.1, -0.05) is 5.16 Å². The third kappa shape index (κ3) is 5.63. The minimum atomic E-state index is 0.0902. The first-order valence-corrected chi connectivity index (χ1v) is 10.3. The van der Waals surface area contributed by atoms with Gasteiger partial charge in [-0.15, -0.1) is 0 Å². The number of carbonyl (C=O) groups is 1. The summed E-state index contributed by atoms with van der Waals surface area (Å²) in [5, 5.41) is 8.53. The molecule has 9 heteroatoms. The Hall–Kier alpha value is -2.26. The van der Waals surface area contributed by atoms with Crippen molar-refractivity contribution < 1.29 is 14.1 Å². The lowest BCUT2D eigenvalue weighted by atomic mass is 10.0. The predicted molar refractivity (Wildman–Crippen MR) is 107 cm³/mol. The van der Waals surface area contributed by atoms with Crippen molar-refractivity contribution in [3.05, 3.63) is 29.2 Å². The number of hydrogen-bond donors (Lipinski definition) is 0. The molecule has 1 aliphatic rings. The first-order valence-electron chi connectivity index (χ1n) is 10.3. The van der Waals surface area contributed by atoms with Gasteiger partial charge in [-0.25, -0.2) is 0 Å². The molecule has 1 amide bonds. The van der Waals surface area contributed by atoms with Crippen molar-refractivity contribution in [3.63, 3.8) is 0 Å². The highest BCUT2D eigenvalue weighted by Gasteiger charge is 2.27. The number of nitrogens with zero attached hydrogens (tertiary/aromatic N) is 6. The SMILES string of the molecule is CCn1cc(CN2CCCC(N(CCc3noc(COC)n3)C(C)=O)C2)c(C)n1. The maximum Gasteiger partial charge on any atom is 0.252 e. The molecule has 1 aliphatic heterocycles. The van der Waals surface area contributed by atoms with Gasteiger partial charge in [0.2, 0.25) is 5.91 Å². The first kappa shape index (κ1) is 21.4. The lowest BCUT2D eigenvalue weighted by Crippen LogP contribution is -2.50. The number of methoxy groups -OCH3 is 1. The number of carbonyl (C=O) groups excluding carboxylic acids is 1. The Morgan fingerprint density at radius 1 is 1.45 bits per heavy atom. The van der Waals surface area contributed by atoms with Gasteiger partial charge in [0.15, 0.2) is 5.82 Å². The highest BCUT2D eigenvalue weighted by Crippen LogP contribution is 2.20. The molecular weight excluding hydrogens is 372 g/mol. The molecule has 0 aromatic carbocycles. The topological polar surface area (TPSA) is 89.5 Å². The zero-order chi connectivity index (χ0) is 20.8. The molecular formula is C20H32N6O3. The Labute approximate surface area is 172 Å². The maximum absolute atomic E-state index is 12.3. The van der Waals surface area contributed by atoms with Crippen LogP contribution >= 0.6 is 0 Å². The van der Waals surface area contributed by atoms with Crippen LogP contribution in [0.15, 0.2) is 10.7 Å². The number of amides is 1. The van der Waals surface area contributed by atoms with E-state index in [4.69, 9.17) is 9.26 Å². The number of piperidine rings is 1. The molecule has 0 aliphatic carbocycles. The van der Waals surface area contributed by atoms with E-state index in [1.165, 1.54) is 5.56 Å². The third-order valence-electron chi connectivity index (χ3n) is 5.45. The fraction of sp³-hybridized carbons (Fsp3) is 0.700. The van der Waals surface area contributed by atoms with E-state index in [2.05, 4.69) is 40.2 Å². The lowest BCUT2D eigenvalue weighted by Gasteiger charge is -2.39. The minimum Gasteiger partial charge on any atom is -0.375 e. The normalized spacial score (nSPS) is 17.6. The second-order valence-corrected chi connectivity index (χ2v) is 7.63. The molecule has 0 bridgehead atoms. The summed E-state index contributed by atoms with van der Waals surface area (Å²) in [6.07, 6.45) is 4.81. The van der Waals surface area contributed by atoms with E-state index in [1.807, 2.05) is 9.58 Å². The molecule has 1 unspecified atom stereocenters. The molecule has 2 aromatic rings. The summed E-state index contributed by atoms with van der Waals surface area (Å²) in [7, 11) is 1.59. The van der Waals surface area contributed by atoms with Crippen molar-refractivity contribution in [3.8, 4) is 0 Å².